The fraction of sp³-hybridized carbons (Fsp3) is 0.652. The Labute approximate surface area is 180 Å². The molecule has 3 rings (SSSR count). The Kier molecular flexibility index (Phi) is 5.70. The Morgan fingerprint density at radius 1 is 1.17 bits per heavy atom. The van der Waals surface area contributed by atoms with Crippen molar-refractivity contribution in [2.45, 2.75) is 71.7 Å². The van der Waals surface area contributed by atoms with Gasteiger partial charge in [0.25, 0.3) is 0 Å². The molecule has 6 nitrogen and oxygen atoms in total. The van der Waals surface area contributed by atoms with Gasteiger partial charge in [-0.05, 0) is 48.3 Å². The summed E-state index contributed by atoms with van der Waals surface area (Å²) in [5.74, 6) is -0.891. The highest BCUT2D eigenvalue weighted by molar-refractivity contribution is 7.89. The van der Waals surface area contributed by atoms with Crippen LogP contribution in [0.15, 0.2) is 29.2 Å². The van der Waals surface area contributed by atoms with Gasteiger partial charge in [-0.25, -0.2) is 13.2 Å². The van der Waals surface area contributed by atoms with Crippen LogP contribution in [0.3, 0.4) is 0 Å². The number of carbonyl (C=O) groups excluding carboxylic acids is 2. The Morgan fingerprint density at radius 2 is 1.83 bits per heavy atom. The van der Waals surface area contributed by atoms with Crippen LogP contribution in [0.4, 0.5) is 0 Å². The third kappa shape index (κ3) is 4.62. The largest absolute Gasteiger partial charge is 0.454 e. The van der Waals surface area contributed by atoms with Crippen LogP contribution in [0, 0.1) is 16.2 Å². The number of carbonyl (C=O) groups is 2. The maximum Gasteiger partial charge on any atom is 0.338 e. The molecular weight excluding hydrogens is 402 g/mol. The van der Waals surface area contributed by atoms with Gasteiger partial charge >= 0.3 is 5.97 Å². The molecule has 1 aromatic rings. The van der Waals surface area contributed by atoms with E-state index in [2.05, 4.69) is 20.8 Å². The number of sulfonamides is 1. The lowest BCUT2D eigenvalue weighted by atomic mass is 9.65. The first-order valence-corrected chi connectivity index (χ1v) is 11.9. The average Bonchev–Trinajstić information content (AvgIpc) is 2.88. The molecule has 2 fully saturated rings. The second-order valence-electron chi connectivity index (χ2n) is 11.0. The molecule has 1 aliphatic carbocycles. The zero-order valence-electron chi connectivity index (χ0n) is 18.8. The van der Waals surface area contributed by atoms with E-state index in [1.807, 2.05) is 0 Å². The van der Waals surface area contributed by atoms with Crippen molar-refractivity contribution in [2.24, 2.45) is 16.2 Å². The van der Waals surface area contributed by atoms with Gasteiger partial charge < -0.3 is 4.74 Å². The Hall–Kier alpha value is -1.73. The minimum absolute atomic E-state index is 0.0243. The molecule has 30 heavy (non-hydrogen) atoms. The van der Waals surface area contributed by atoms with Crippen molar-refractivity contribution < 1.29 is 22.7 Å². The summed E-state index contributed by atoms with van der Waals surface area (Å²) in [5, 5.41) is 0. The van der Waals surface area contributed by atoms with Crippen LogP contribution in [-0.2, 0) is 19.6 Å². The maximum atomic E-state index is 13.4. The van der Waals surface area contributed by atoms with Gasteiger partial charge in [0.1, 0.15) is 0 Å². The first-order valence-electron chi connectivity index (χ1n) is 10.5. The Balaban J connectivity index is 1.80. The summed E-state index contributed by atoms with van der Waals surface area (Å²) in [4.78, 5) is 24.5. The fourth-order valence-electron chi connectivity index (χ4n) is 5.04. The molecule has 1 heterocycles. The quantitative estimate of drug-likeness (QED) is 0.652. The van der Waals surface area contributed by atoms with E-state index in [1.54, 1.807) is 31.1 Å². The van der Waals surface area contributed by atoms with Crippen LogP contribution in [0.1, 0.15) is 71.2 Å². The van der Waals surface area contributed by atoms with Crippen LogP contribution < -0.4 is 0 Å². The molecule has 0 aromatic heterocycles. The number of hydrogen-bond donors (Lipinski definition) is 0. The SMILES string of the molecule is CC1(C)C[C@@H]2C[C@](C)(CN2S(=O)(=O)c2cccc(C(=O)OCC(=O)C(C)(C)C)c2)C1. The minimum atomic E-state index is -3.73. The number of fused-ring (bicyclic) bond motifs is 2. The number of hydrogen-bond acceptors (Lipinski definition) is 5. The van der Waals surface area contributed by atoms with Gasteiger partial charge in [-0.2, -0.15) is 4.31 Å². The first-order chi connectivity index (χ1) is 13.6. The number of ether oxygens (including phenoxy) is 1. The highest BCUT2D eigenvalue weighted by atomic mass is 32.2. The third-order valence-electron chi connectivity index (χ3n) is 6.21. The van der Waals surface area contributed by atoms with E-state index in [9.17, 15) is 18.0 Å². The molecule has 0 N–H and O–H groups in total. The molecule has 0 spiro atoms. The lowest BCUT2D eigenvalue weighted by Gasteiger charge is -2.39. The monoisotopic (exact) mass is 435 g/mol. The second kappa shape index (κ2) is 7.45. The number of ketones is 1. The molecule has 0 radical (unpaired) electrons. The zero-order chi connectivity index (χ0) is 22.5. The summed E-state index contributed by atoms with van der Waals surface area (Å²) in [6, 6.07) is 5.90. The Bertz CT molecular complexity index is 960. The van der Waals surface area contributed by atoms with Crippen molar-refractivity contribution in [1.82, 2.24) is 4.31 Å². The van der Waals surface area contributed by atoms with E-state index >= 15 is 0 Å². The van der Waals surface area contributed by atoms with E-state index in [1.165, 1.54) is 18.2 Å². The second-order valence-corrected chi connectivity index (χ2v) is 12.9. The van der Waals surface area contributed by atoms with Gasteiger partial charge in [0.15, 0.2) is 12.4 Å². The van der Waals surface area contributed by atoms with E-state index in [4.69, 9.17) is 4.74 Å². The lowest BCUT2D eigenvalue weighted by molar-refractivity contribution is -0.129. The summed E-state index contributed by atoms with van der Waals surface area (Å²) < 4.78 is 33.6. The fourth-order valence-corrected chi connectivity index (χ4v) is 6.86. The van der Waals surface area contributed by atoms with Gasteiger partial charge in [-0.3, -0.25) is 4.79 Å². The summed E-state index contributed by atoms with van der Waals surface area (Å²) in [6.07, 6.45) is 2.70. The minimum Gasteiger partial charge on any atom is -0.454 e. The van der Waals surface area contributed by atoms with Gasteiger partial charge in [0, 0.05) is 18.0 Å². The molecular formula is C23H33NO5S. The van der Waals surface area contributed by atoms with E-state index in [0.29, 0.717) is 6.54 Å². The molecule has 7 heteroatoms. The number of Topliss-reactive ketones (excluding diaryl/α,β-unsaturated/α-hetero) is 1. The molecule has 2 aliphatic rings. The van der Waals surface area contributed by atoms with Gasteiger partial charge in [0.05, 0.1) is 10.5 Å². The van der Waals surface area contributed by atoms with Crippen molar-refractivity contribution in [1.29, 1.82) is 0 Å². The standard InChI is InChI=1S/C23H33NO5S/c1-21(2,3)19(25)13-29-20(26)16-8-7-9-18(10-16)30(27,28)24-15-23(6)12-17(24)11-22(4,5)14-23/h7-10,17H,11-15H2,1-6H3/t17-,23+/m1/s1. The maximum absolute atomic E-state index is 13.4. The zero-order valence-corrected chi connectivity index (χ0v) is 19.6. The molecule has 1 saturated heterocycles. The average molecular weight is 436 g/mol. The summed E-state index contributed by atoms with van der Waals surface area (Å²) in [6.45, 7) is 12.0. The van der Waals surface area contributed by atoms with Crippen LogP contribution >= 0.6 is 0 Å². The van der Waals surface area contributed by atoms with Crippen LogP contribution in [0.25, 0.3) is 0 Å². The Morgan fingerprint density at radius 3 is 2.47 bits per heavy atom. The van der Waals surface area contributed by atoms with Crippen LogP contribution in [-0.4, -0.2) is 43.7 Å². The highest BCUT2D eigenvalue weighted by Gasteiger charge is 2.53. The molecule has 1 aliphatic heterocycles. The van der Waals surface area contributed by atoms with Crippen molar-refractivity contribution in [2.75, 3.05) is 13.2 Å². The van der Waals surface area contributed by atoms with Crippen molar-refractivity contribution >= 4 is 21.8 Å². The van der Waals surface area contributed by atoms with Crippen LogP contribution in [0.5, 0.6) is 0 Å². The molecule has 0 unspecified atom stereocenters. The summed E-state index contributed by atoms with van der Waals surface area (Å²) in [7, 11) is -3.73. The van der Waals surface area contributed by atoms with Crippen molar-refractivity contribution in [3.63, 3.8) is 0 Å². The predicted molar refractivity (Wildman–Crippen MR) is 115 cm³/mol. The molecule has 1 aromatic carbocycles. The normalized spacial score (nSPS) is 26.4. The van der Waals surface area contributed by atoms with Crippen LogP contribution in [0.2, 0.25) is 0 Å². The number of benzene rings is 1. The molecule has 1 saturated carbocycles. The number of rotatable bonds is 5. The predicted octanol–water partition coefficient (Wildman–Crippen LogP) is 4.05. The smallest absolute Gasteiger partial charge is 0.338 e. The summed E-state index contributed by atoms with van der Waals surface area (Å²) >= 11 is 0. The number of esters is 1. The van der Waals surface area contributed by atoms with E-state index in [0.717, 1.165) is 19.3 Å². The van der Waals surface area contributed by atoms with Gasteiger partial charge in [-0.1, -0.05) is 47.6 Å². The van der Waals surface area contributed by atoms with E-state index < -0.39 is 21.4 Å². The third-order valence-corrected chi connectivity index (χ3v) is 8.11. The molecule has 2 atom stereocenters. The summed E-state index contributed by atoms with van der Waals surface area (Å²) in [5.41, 5.74) is -0.397. The lowest BCUT2D eigenvalue weighted by Crippen LogP contribution is -2.37. The number of nitrogens with zero attached hydrogens (tertiary/aromatic N) is 1. The molecule has 166 valence electrons. The van der Waals surface area contributed by atoms with Gasteiger partial charge in [0.2, 0.25) is 10.0 Å². The van der Waals surface area contributed by atoms with Crippen molar-refractivity contribution in [3.05, 3.63) is 29.8 Å². The first kappa shape index (κ1) is 22.9. The molecule has 0 amide bonds. The van der Waals surface area contributed by atoms with Gasteiger partial charge in [-0.15, -0.1) is 0 Å². The highest BCUT2D eigenvalue weighted by Crippen LogP contribution is 2.53. The topological polar surface area (TPSA) is 80.8 Å². The molecule has 2 bridgehead atoms. The van der Waals surface area contributed by atoms with Crippen molar-refractivity contribution in [3.8, 4) is 0 Å². The van der Waals surface area contributed by atoms with E-state index in [-0.39, 0.29) is 39.7 Å².